The summed E-state index contributed by atoms with van der Waals surface area (Å²) >= 11 is 0. The van der Waals surface area contributed by atoms with Crippen LogP contribution >= 0.6 is 0 Å². The van der Waals surface area contributed by atoms with Crippen LogP contribution in [-0.4, -0.2) is 24.7 Å². The summed E-state index contributed by atoms with van der Waals surface area (Å²) in [5.74, 6) is -0.841. The number of carbonyl (C=O) groups is 1. The van der Waals surface area contributed by atoms with Crippen molar-refractivity contribution >= 4 is 17.7 Å². The molecule has 0 aliphatic carbocycles. The number of carboxylic acids is 1. The Morgan fingerprint density at radius 1 is 1.29 bits per heavy atom. The zero-order valence-corrected chi connectivity index (χ0v) is 12.5. The number of anilines is 1. The first-order valence-corrected chi connectivity index (χ1v) is 6.73. The predicted octanol–water partition coefficient (Wildman–Crippen LogP) is 3.91. The molecule has 1 rings (SSSR count). The molecule has 0 aliphatic heterocycles. The van der Waals surface area contributed by atoms with E-state index in [4.69, 9.17) is 5.11 Å². The molecule has 0 saturated carbocycles. The molecule has 0 amide bonds. The Kier molecular flexibility index (Phi) is 6.75. The summed E-state index contributed by atoms with van der Waals surface area (Å²) in [7, 11) is 1.76. The van der Waals surface area contributed by atoms with Crippen molar-refractivity contribution in [1.82, 2.24) is 0 Å². The van der Waals surface area contributed by atoms with Crippen LogP contribution in [0.4, 0.5) is 5.69 Å². The van der Waals surface area contributed by atoms with Crippen molar-refractivity contribution < 1.29 is 9.90 Å². The summed E-state index contributed by atoms with van der Waals surface area (Å²) in [6.07, 6.45) is 11.7. The molecular formula is C18H21NO2. The Bertz CT molecular complexity index is 565. The van der Waals surface area contributed by atoms with Crippen molar-refractivity contribution in [3.05, 3.63) is 72.4 Å². The monoisotopic (exact) mass is 283 g/mol. The third kappa shape index (κ3) is 5.95. The number of likely N-dealkylation sites (N-methyl/N-ethyl adjacent to an activating group) is 1. The first-order chi connectivity index (χ1) is 10.1. The minimum atomic E-state index is -0.841. The Morgan fingerprint density at radius 2 is 1.95 bits per heavy atom. The van der Waals surface area contributed by atoms with Gasteiger partial charge in [0.15, 0.2) is 0 Å². The molecule has 0 atom stereocenters. The largest absolute Gasteiger partial charge is 0.480 e. The van der Waals surface area contributed by atoms with Gasteiger partial charge in [-0.05, 0) is 30.2 Å². The number of carboxylic acid groups (broad SMARTS) is 1. The highest BCUT2D eigenvalue weighted by molar-refractivity contribution is 5.73. The molecule has 0 heterocycles. The predicted molar refractivity (Wildman–Crippen MR) is 89.5 cm³/mol. The first kappa shape index (κ1) is 16.5. The number of hydrogen-bond donors (Lipinski definition) is 1. The number of nitrogens with zero attached hydrogens (tertiary/aromatic N) is 1. The van der Waals surface area contributed by atoms with E-state index >= 15 is 0 Å². The lowest BCUT2D eigenvalue weighted by Gasteiger charge is -2.16. The van der Waals surface area contributed by atoms with Crippen LogP contribution in [0.15, 0.2) is 66.8 Å². The molecule has 0 aliphatic rings. The van der Waals surface area contributed by atoms with Crippen molar-refractivity contribution in [1.29, 1.82) is 0 Å². The van der Waals surface area contributed by atoms with E-state index in [2.05, 4.69) is 6.58 Å². The summed E-state index contributed by atoms with van der Waals surface area (Å²) in [5.41, 5.74) is 3.01. The molecule has 0 aromatic heterocycles. The summed E-state index contributed by atoms with van der Waals surface area (Å²) in [4.78, 5) is 12.4. The maximum Gasteiger partial charge on any atom is 0.323 e. The van der Waals surface area contributed by atoms with Gasteiger partial charge in [0.1, 0.15) is 6.54 Å². The average Bonchev–Trinajstić information content (AvgIpc) is 2.45. The minimum Gasteiger partial charge on any atom is -0.480 e. The molecule has 21 heavy (non-hydrogen) atoms. The van der Waals surface area contributed by atoms with E-state index in [1.807, 2.05) is 61.6 Å². The highest BCUT2D eigenvalue weighted by atomic mass is 16.4. The quantitative estimate of drug-likeness (QED) is 0.771. The second kappa shape index (κ2) is 8.59. The van der Waals surface area contributed by atoms with Gasteiger partial charge in [0, 0.05) is 12.7 Å². The lowest BCUT2D eigenvalue weighted by molar-refractivity contribution is -0.135. The third-order valence-corrected chi connectivity index (χ3v) is 2.84. The number of allylic oxidation sites excluding steroid dienone is 6. The first-order valence-electron chi connectivity index (χ1n) is 6.73. The van der Waals surface area contributed by atoms with Crippen LogP contribution < -0.4 is 4.90 Å². The van der Waals surface area contributed by atoms with E-state index in [1.165, 1.54) is 0 Å². The highest BCUT2D eigenvalue weighted by Crippen LogP contribution is 2.15. The minimum absolute atomic E-state index is 0.0112. The van der Waals surface area contributed by atoms with Crippen molar-refractivity contribution in [2.24, 2.45) is 0 Å². The molecule has 110 valence electrons. The van der Waals surface area contributed by atoms with Crippen molar-refractivity contribution in [3.63, 3.8) is 0 Å². The van der Waals surface area contributed by atoms with E-state index in [9.17, 15) is 4.79 Å². The maximum absolute atomic E-state index is 10.7. The fourth-order valence-electron chi connectivity index (χ4n) is 1.82. The Labute approximate surface area is 126 Å². The van der Waals surface area contributed by atoms with Crippen LogP contribution in [0.25, 0.3) is 6.08 Å². The smallest absolute Gasteiger partial charge is 0.323 e. The maximum atomic E-state index is 10.7. The molecular weight excluding hydrogens is 262 g/mol. The van der Waals surface area contributed by atoms with Gasteiger partial charge in [-0.2, -0.15) is 0 Å². The normalized spacial score (nSPS) is 12.0. The van der Waals surface area contributed by atoms with E-state index in [-0.39, 0.29) is 6.54 Å². The van der Waals surface area contributed by atoms with Gasteiger partial charge in [0.25, 0.3) is 0 Å². The molecule has 3 nitrogen and oxygen atoms in total. The average molecular weight is 283 g/mol. The third-order valence-electron chi connectivity index (χ3n) is 2.84. The molecule has 0 spiro atoms. The van der Waals surface area contributed by atoms with Gasteiger partial charge in [-0.15, -0.1) is 0 Å². The summed E-state index contributed by atoms with van der Waals surface area (Å²) in [6.45, 7) is 5.65. The molecule has 3 heteroatoms. The van der Waals surface area contributed by atoms with Gasteiger partial charge in [-0.3, -0.25) is 4.79 Å². The number of rotatable bonds is 7. The van der Waals surface area contributed by atoms with Gasteiger partial charge in [-0.1, -0.05) is 55.2 Å². The second-order valence-corrected chi connectivity index (χ2v) is 4.58. The fourth-order valence-corrected chi connectivity index (χ4v) is 1.82. The number of aliphatic carboxylic acids is 1. The molecule has 0 radical (unpaired) electrons. The van der Waals surface area contributed by atoms with E-state index in [0.29, 0.717) is 0 Å². The summed E-state index contributed by atoms with van der Waals surface area (Å²) in [6, 6.07) is 7.75. The van der Waals surface area contributed by atoms with Gasteiger partial charge < -0.3 is 10.0 Å². The number of hydrogen-bond acceptors (Lipinski definition) is 2. The highest BCUT2D eigenvalue weighted by Gasteiger charge is 2.04. The molecule has 1 aromatic rings. The summed E-state index contributed by atoms with van der Waals surface area (Å²) < 4.78 is 0. The lowest BCUT2D eigenvalue weighted by atomic mass is 10.1. The van der Waals surface area contributed by atoms with Crippen LogP contribution in [0.5, 0.6) is 0 Å². The van der Waals surface area contributed by atoms with Crippen LogP contribution in [0, 0.1) is 0 Å². The Balaban J connectivity index is 2.80. The standard InChI is InChI=1S/C18H21NO2/c1-4-6-15(7-5-2)8-9-16-10-12-17(13-11-16)19(3)14-18(20)21/h4-13H,1,14H2,2-3H3,(H,20,21)/b7-5-,9-8+,15-6+. The molecule has 1 N–H and O–H groups in total. The van der Waals surface area contributed by atoms with Crippen molar-refractivity contribution in [2.75, 3.05) is 18.5 Å². The van der Waals surface area contributed by atoms with Crippen molar-refractivity contribution in [3.8, 4) is 0 Å². The zero-order valence-electron chi connectivity index (χ0n) is 12.5. The molecule has 1 aromatic carbocycles. The SMILES string of the molecule is C=C/C=C(\C=C/C)/C=C/c1ccc(N(C)CC(=O)O)cc1. The van der Waals surface area contributed by atoms with E-state index in [0.717, 1.165) is 16.8 Å². The van der Waals surface area contributed by atoms with Crippen LogP contribution in [0.2, 0.25) is 0 Å². The van der Waals surface area contributed by atoms with Crippen LogP contribution in [-0.2, 0) is 4.79 Å². The topological polar surface area (TPSA) is 40.5 Å². The van der Waals surface area contributed by atoms with Gasteiger partial charge in [-0.25, -0.2) is 0 Å². The van der Waals surface area contributed by atoms with Gasteiger partial charge >= 0.3 is 5.97 Å². The van der Waals surface area contributed by atoms with Crippen LogP contribution in [0.3, 0.4) is 0 Å². The molecule has 0 unspecified atom stereocenters. The van der Waals surface area contributed by atoms with Crippen LogP contribution in [0.1, 0.15) is 12.5 Å². The van der Waals surface area contributed by atoms with Crippen molar-refractivity contribution in [2.45, 2.75) is 6.92 Å². The van der Waals surface area contributed by atoms with Gasteiger partial charge in [0.05, 0.1) is 0 Å². The zero-order chi connectivity index (χ0) is 15.7. The van der Waals surface area contributed by atoms with Gasteiger partial charge in [0.2, 0.25) is 0 Å². The fraction of sp³-hybridized carbons (Fsp3) is 0.167. The Morgan fingerprint density at radius 3 is 2.48 bits per heavy atom. The molecule has 0 saturated heterocycles. The lowest BCUT2D eigenvalue weighted by Crippen LogP contribution is -2.24. The number of benzene rings is 1. The molecule has 0 fully saturated rings. The second-order valence-electron chi connectivity index (χ2n) is 4.58. The summed E-state index contributed by atoms with van der Waals surface area (Å²) in [5, 5.41) is 8.77. The van der Waals surface area contributed by atoms with E-state index < -0.39 is 5.97 Å². The Hall–Kier alpha value is -2.55. The molecule has 0 bridgehead atoms. The van der Waals surface area contributed by atoms with E-state index in [1.54, 1.807) is 18.0 Å².